The highest BCUT2D eigenvalue weighted by Gasteiger charge is 2.79. The molecule has 3 aliphatic rings. The molecule has 0 aliphatic carbocycles. The smallest absolute Gasteiger partial charge is 0.387 e. The van der Waals surface area contributed by atoms with Crippen molar-refractivity contribution in [1.82, 2.24) is 0 Å². The number of carbonyl (C=O) groups is 2. The Hall–Kier alpha value is -2.48. The van der Waals surface area contributed by atoms with Gasteiger partial charge < -0.3 is 14.9 Å². The average molecular weight is 396 g/mol. The lowest BCUT2D eigenvalue weighted by molar-refractivity contribution is -0.138. The van der Waals surface area contributed by atoms with E-state index in [1.165, 1.54) is 19.9 Å². The van der Waals surface area contributed by atoms with Gasteiger partial charge in [-0.3, -0.25) is 9.59 Å². The van der Waals surface area contributed by atoms with Crippen LogP contribution in [0.15, 0.2) is 18.2 Å². The van der Waals surface area contributed by atoms with Crippen LogP contribution < -0.4 is 4.90 Å². The summed E-state index contributed by atoms with van der Waals surface area (Å²) in [6.45, 7) is 2.79. The minimum atomic E-state index is -4.85. The van der Waals surface area contributed by atoms with E-state index in [-0.39, 0.29) is 5.69 Å². The van der Waals surface area contributed by atoms with Gasteiger partial charge in [0.05, 0.1) is 34.7 Å². The zero-order valence-corrected chi connectivity index (χ0v) is 14.7. The Bertz CT molecular complexity index is 920. The third-order valence-electron chi connectivity index (χ3n) is 6.14. The van der Waals surface area contributed by atoms with Gasteiger partial charge in [-0.2, -0.15) is 18.4 Å². The van der Waals surface area contributed by atoms with Crippen molar-refractivity contribution in [1.29, 1.82) is 5.26 Å². The first-order chi connectivity index (χ1) is 12.9. The van der Waals surface area contributed by atoms with Gasteiger partial charge in [-0.15, -0.1) is 0 Å². The molecule has 10 heteroatoms. The van der Waals surface area contributed by atoms with E-state index < -0.39 is 64.4 Å². The minimum absolute atomic E-state index is 0.327. The molecule has 28 heavy (non-hydrogen) atoms. The summed E-state index contributed by atoms with van der Waals surface area (Å²) >= 11 is 0. The third-order valence-corrected chi connectivity index (χ3v) is 6.14. The molecule has 1 aromatic carbocycles. The Morgan fingerprint density at radius 2 is 1.61 bits per heavy atom. The number of rotatable bonds is 1. The van der Waals surface area contributed by atoms with Crippen molar-refractivity contribution >= 4 is 17.5 Å². The quantitative estimate of drug-likeness (QED) is 0.685. The van der Waals surface area contributed by atoms with Crippen LogP contribution in [0.4, 0.5) is 18.9 Å². The Kier molecular flexibility index (Phi) is 3.58. The molecule has 3 heterocycles. The number of amides is 2. The van der Waals surface area contributed by atoms with Crippen LogP contribution >= 0.6 is 0 Å². The number of ether oxygens (including phenoxy) is 1. The number of anilines is 1. The number of nitriles is 1. The van der Waals surface area contributed by atoms with Crippen molar-refractivity contribution in [3.63, 3.8) is 0 Å². The van der Waals surface area contributed by atoms with Gasteiger partial charge in [-0.05, 0) is 32.0 Å². The van der Waals surface area contributed by atoms with Gasteiger partial charge in [0.2, 0.25) is 11.8 Å². The molecule has 2 N–H and O–H groups in total. The number of fused-ring (bicyclic) bond motifs is 5. The van der Waals surface area contributed by atoms with E-state index >= 15 is 0 Å². The first kappa shape index (κ1) is 18.9. The zero-order chi connectivity index (χ0) is 20.8. The predicted molar refractivity (Wildman–Crippen MR) is 85.5 cm³/mol. The number of hydrogen-bond acceptors (Lipinski definition) is 6. The van der Waals surface area contributed by atoms with E-state index in [1.807, 2.05) is 0 Å². The molecule has 3 fully saturated rings. The molecular formula is C18H15F3N2O5. The summed E-state index contributed by atoms with van der Waals surface area (Å²) in [6.07, 6.45) is -7.71. The molecule has 2 amide bonds. The maximum atomic E-state index is 13.3. The lowest BCUT2D eigenvalue weighted by atomic mass is 9.66. The van der Waals surface area contributed by atoms with E-state index in [4.69, 9.17) is 10.00 Å². The van der Waals surface area contributed by atoms with Crippen molar-refractivity contribution in [3.8, 4) is 6.07 Å². The number of alkyl halides is 3. The second-order valence-corrected chi connectivity index (χ2v) is 7.67. The molecule has 2 bridgehead atoms. The maximum Gasteiger partial charge on any atom is 0.417 e. The summed E-state index contributed by atoms with van der Waals surface area (Å²) in [6, 6.07) is 4.00. The topological polar surface area (TPSA) is 111 Å². The zero-order valence-electron chi connectivity index (χ0n) is 14.7. The number of benzene rings is 1. The van der Waals surface area contributed by atoms with Gasteiger partial charge in [0.15, 0.2) is 0 Å². The first-order valence-corrected chi connectivity index (χ1v) is 8.43. The maximum absolute atomic E-state index is 13.3. The molecule has 7 nitrogen and oxygen atoms in total. The number of imide groups is 1. The Morgan fingerprint density at radius 3 is 2.04 bits per heavy atom. The fourth-order valence-corrected chi connectivity index (χ4v) is 4.80. The van der Waals surface area contributed by atoms with Crippen molar-refractivity contribution in [2.24, 2.45) is 11.8 Å². The second kappa shape index (κ2) is 5.31. The normalized spacial score (nSPS) is 39.4. The molecule has 4 rings (SSSR count). The average Bonchev–Trinajstić information content (AvgIpc) is 3.10. The molecule has 0 saturated carbocycles. The van der Waals surface area contributed by atoms with Gasteiger partial charge >= 0.3 is 6.18 Å². The van der Waals surface area contributed by atoms with Crippen LogP contribution in [-0.2, 0) is 20.5 Å². The van der Waals surface area contributed by atoms with Crippen molar-refractivity contribution in [3.05, 3.63) is 29.3 Å². The monoisotopic (exact) mass is 396 g/mol. The van der Waals surface area contributed by atoms with Crippen LogP contribution in [-0.4, -0.2) is 45.4 Å². The number of hydrogen-bond donors (Lipinski definition) is 2. The fourth-order valence-electron chi connectivity index (χ4n) is 4.80. The van der Waals surface area contributed by atoms with E-state index in [9.17, 15) is 33.0 Å². The van der Waals surface area contributed by atoms with E-state index in [0.29, 0.717) is 11.0 Å². The highest BCUT2D eigenvalue weighted by atomic mass is 19.4. The van der Waals surface area contributed by atoms with Gasteiger partial charge in [-0.25, -0.2) is 4.90 Å². The molecule has 1 aromatic rings. The van der Waals surface area contributed by atoms with Crippen LogP contribution in [0.1, 0.15) is 25.0 Å². The van der Waals surface area contributed by atoms with Crippen LogP contribution in [0.3, 0.4) is 0 Å². The molecule has 0 spiro atoms. The largest absolute Gasteiger partial charge is 0.417 e. The third kappa shape index (κ3) is 2.04. The molecule has 3 saturated heterocycles. The van der Waals surface area contributed by atoms with Crippen molar-refractivity contribution in [2.75, 3.05) is 4.90 Å². The van der Waals surface area contributed by atoms with E-state index in [2.05, 4.69) is 0 Å². The predicted octanol–water partition coefficient (Wildman–Crippen LogP) is 0.966. The number of carbonyl (C=O) groups excluding carboxylic acids is 2. The highest BCUT2D eigenvalue weighted by Crippen LogP contribution is 2.61. The van der Waals surface area contributed by atoms with Gasteiger partial charge in [0, 0.05) is 0 Å². The second-order valence-electron chi connectivity index (χ2n) is 7.67. The molecular weight excluding hydrogens is 381 g/mol. The molecule has 6 atom stereocenters. The lowest BCUT2D eigenvalue weighted by Gasteiger charge is -2.35. The number of halogens is 3. The fraction of sp³-hybridized carbons (Fsp3) is 0.500. The standard InChI is InChI=1S/C18H15F3N2O5/c1-16-10-11(17(2,28-16)13(25)12(16)24)15(27)23(14(10)26)8-4-3-7(6-22)9(5-8)18(19,20)21/h3-5,10-13,24-25H,1-2H3/t10-,11+,12-,13+,16+,17-. The summed E-state index contributed by atoms with van der Waals surface area (Å²) in [7, 11) is 0. The highest BCUT2D eigenvalue weighted by molar-refractivity contribution is 6.23. The van der Waals surface area contributed by atoms with Crippen molar-refractivity contribution in [2.45, 2.75) is 43.4 Å². The number of nitrogens with zero attached hydrogens (tertiary/aromatic N) is 2. The molecule has 3 aliphatic heterocycles. The summed E-state index contributed by atoms with van der Waals surface area (Å²) in [5.74, 6) is -3.92. The SMILES string of the molecule is C[C@]12O[C@](C)([C@H](O)[C@@H]1O)[C@H]1C(=O)N(c3ccc(C#N)c(C(F)(F)F)c3)C(=O)[C@H]12. The Labute approximate surface area is 156 Å². The molecule has 148 valence electrons. The summed E-state index contributed by atoms with van der Waals surface area (Å²) in [5.41, 5.74) is -5.31. The van der Waals surface area contributed by atoms with Crippen molar-refractivity contribution < 1.29 is 37.7 Å². The molecule has 0 aromatic heterocycles. The number of aliphatic hydroxyl groups excluding tert-OH is 2. The summed E-state index contributed by atoms with van der Waals surface area (Å²) < 4.78 is 45.5. The van der Waals surface area contributed by atoms with E-state index in [0.717, 1.165) is 12.1 Å². The summed E-state index contributed by atoms with van der Waals surface area (Å²) in [5, 5.41) is 29.5. The van der Waals surface area contributed by atoms with Gasteiger partial charge in [0.25, 0.3) is 0 Å². The minimum Gasteiger partial charge on any atom is -0.387 e. The molecule has 0 radical (unpaired) electrons. The van der Waals surface area contributed by atoms with Crippen LogP contribution in [0.25, 0.3) is 0 Å². The first-order valence-electron chi connectivity index (χ1n) is 8.43. The molecule has 0 unspecified atom stereocenters. The van der Waals surface area contributed by atoms with Gasteiger partial charge in [-0.1, -0.05) is 0 Å². The van der Waals surface area contributed by atoms with Gasteiger partial charge in [0.1, 0.15) is 23.4 Å². The van der Waals surface area contributed by atoms with Crippen LogP contribution in [0, 0.1) is 23.2 Å². The Morgan fingerprint density at radius 1 is 1.11 bits per heavy atom. The lowest BCUT2D eigenvalue weighted by Crippen LogP contribution is -2.57. The Balaban J connectivity index is 1.82. The summed E-state index contributed by atoms with van der Waals surface area (Å²) in [4.78, 5) is 26.6. The van der Waals surface area contributed by atoms with Crippen LogP contribution in [0.2, 0.25) is 0 Å². The van der Waals surface area contributed by atoms with Crippen LogP contribution in [0.5, 0.6) is 0 Å². The number of aliphatic hydroxyl groups is 2. The van der Waals surface area contributed by atoms with E-state index in [1.54, 1.807) is 0 Å².